The van der Waals surface area contributed by atoms with Gasteiger partial charge in [-0.1, -0.05) is 18.2 Å². The van der Waals surface area contributed by atoms with Crippen LogP contribution in [-0.2, 0) is 16.6 Å². The molecule has 0 bridgehead atoms. The molecule has 1 atom stereocenters. The average Bonchev–Trinajstić information content (AvgIpc) is 2.76. The lowest BCUT2D eigenvalue weighted by Crippen LogP contribution is -2.49. The number of hydrogen-bond acceptors (Lipinski definition) is 2. The molecular weight excluding hydrogens is 242 g/mol. The number of fused-ring (bicyclic) bond motifs is 1. The van der Waals surface area contributed by atoms with E-state index in [2.05, 4.69) is 5.32 Å². The molecule has 1 N–H and O–H groups in total. The summed E-state index contributed by atoms with van der Waals surface area (Å²) >= 11 is 0. The lowest BCUT2D eigenvalue weighted by molar-refractivity contribution is -0.136. The molecule has 1 unspecified atom stereocenters. The SMILES string of the molecule is Cn1cc(C2C(=O)NCCN2C=O)c2ccccc21. The summed E-state index contributed by atoms with van der Waals surface area (Å²) in [5, 5.41) is 3.83. The first-order chi connectivity index (χ1) is 9.22. The highest BCUT2D eigenvalue weighted by molar-refractivity contribution is 5.93. The number of hydrogen-bond donors (Lipinski definition) is 1. The van der Waals surface area contributed by atoms with E-state index in [9.17, 15) is 9.59 Å². The minimum atomic E-state index is -0.530. The zero-order valence-electron chi connectivity index (χ0n) is 10.7. The fourth-order valence-electron chi connectivity index (χ4n) is 2.71. The Morgan fingerprint density at radius 3 is 2.95 bits per heavy atom. The Hall–Kier alpha value is -2.30. The van der Waals surface area contributed by atoms with Crippen LogP contribution in [0.2, 0.25) is 0 Å². The average molecular weight is 257 g/mol. The smallest absolute Gasteiger partial charge is 0.247 e. The molecule has 1 aromatic carbocycles. The fourth-order valence-corrected chi connectivity index (χ4v) is 2.71. The van der Waals surface area contributed by atoms with Crippen molar-refractivity contribution in [1.82, 2.24) is 14.8 Å². The molecule has 1 aromatic heterocycles. The number of carbonyl (C=O) groups excluding carboxylic acids is 2. The second kappa shape index (κ2) is 4.42. The minimum Gasteiger partial charge on any atom is -0.352 e. The van der Waals surface area contributed by atoms with Gasteiger partial charge in [-0.25, -0.2) is 0 Å². The third-order valence-corrected chi connectivity index (χ3v) is 3.61. The van der Waals surface area contributed by atoms with Crippen LogP contribution in [0.5, 0.6) is 0 Å². The van der Waals surface area contributed by atoms with Crippen LogP contribution in [-0.4, -0.2) is 34.9 Å². The Morgan fingerprint density at radius 1 is 1.37 bits per heavy atom. The van der Waals surface area contributed by atoms with Gasteiger partial charge >= 0.3 is 0 Å². The maximum absolute atomic E-state index is 12.1. The van der Waals surface area contributed by atoms with Crippen LogP contribution in [0, 0.1) is 0 Å². The monoisotopic (exact) mass is 257 g/mol. The molecule has 2 aromatic rings. The number of benzene rings is 1. The van der Waals surface area contributed by atoms with Crippen molar-refractivity contribution in [2.75, 3.05) is 13.1 Å². The maximum atomic E-state index is 12.1. The quantitative estimate of drug-likeness (QED) is 0.809. The molecule has 5 nitrogen and oxygen atoms in total. The number of piperazine rings is 1. The van der Waals surface area contributed by atoms with E-state index in [1.807, 2.05) is 42.1 Å². The summed E-state index contributed by atoms with van der Waals surface area (Å²) in [5.41, 5.74) is 1.93. The fraction of sp³-hybridized carbons (Fsp3) is 0.286. The van der Waals surface area contributed by atoms with Crippen molar-refractivity contribution >= 4 is 23.2 Å². The van der Waals surface area contributed by atoms with E-state index in [4.69, 9.17) is 0 Å². The van der Waals surface area contributed by atoms with E-state index >= 15 is 0 Å². The summed E-state index contributed by atoms with van der Waals surface area (Å²) in [4.78, 5) is 24.8. The second-order valence-corrected chi connectivity index (χ2v) is 4.75. The summed E-state index contributed by atoms with van der Waals surface area (Å²) in [6, 6.07) is 7.36. The molecule has 0 radical (unpaired) electrons. The Morgan fingerprint density at radius 2 is 2.16 bits per heavy atom. The van der Waals surface area contributed by atoms with Gasteiger partial charge in [-0.05, 0) is 6.07 Å². The van der Waals surface area contributed by atoms with Crippen molar-refractivity contribution < 1.29 is 9.59 Å². The topological polar surface area (TPSA) is 54.3 Å². The van der Waals surface area contributed by atoms with E-state index in [1.54, 1.807) is 4.90 Å². The number of nitrogens with one attached hydrogen (secondary N) is 1. The summed E-state index contributed by atoms with van der Waals surface area (Å²) < 4.78 is 1.98. The van der Waals surface area contributed by atoms with Gasteiger partial charge in [0.2, 0.25) is 12.3 Å². The zero-order valence-corrected chi connectivity index (χ0v) is 10.7. The van der Waals surface area contributed by atoms with E-state index in [-0.39, 0.29) is 5.91 Å². The van der Waals surface area contributed by atoms with Crippen molar-refractivity contribution in [3.05, 3.63) is 36.0 Å². The Balaban J connectivity index is 2.17. The van der Waals surface area contributed by atoms with Crippen molar-refractivity contribution in [1.29, 1.82) is 0 Å². The minimum absolute atomic E-state index is 0.116. The molecular formula is C14H15N3O2. The van der Waals surface area contributed by atoms with Crippen LogP contribution >= 0.6 is 0 Å². The number of aromatic nitrogens is 1. The number of amides is 2. The Labute approximate surface area is 110 Å². The van der Waals surface area contributed by atoms with Crippen LogP contribution in [0.3, 0.4) is 0 Å². The van der Waals surface area contributed by atoms with Gasteiger partial charge in [0.25, 0.3) is 0 Å². The van der Waals surface area contributed by atoms with Gasteiger partial charge in [0.1, 0.15) is 6.04 Å². The molecule has 2 heterocycles. The molecule has 1 saturated heterocycles. The molecule has 1 aliphatic rings. The highest BCUT2D eigenvalue weighted by Crippen LogP contribution is 2.30. The lowest BCUT2D eigenvalue weighted by Gasteiger charge is -2.31. The second-order valence-electron chi connectivity index (χ2n) is 4.75. The molecule has 1 fully saturated rings. The predicted octanol–water partition coefficient (Wildman–Crippen LogP) is 0.808. The molecule has 0 spiro atoms. The van der Waals surface area contributed by atoms with Gasteiger partial charge in [0.05, 0.1) is 0 Å². The van der Waals surface area contributed by atoms with Crippen LogP contribution in [0.4, 0.5) is 0 Å². The van der Waals surface area contributed by atoms with Crippen LogP contribution in [0.1, 0.15) is 11.6 Å². The number of aryl methyl sites for hydroxylation is 1. The van der Waals surface area contributed by atoms with E-state index in [0.717, 1.165) is 22.9 Å². The summed E-state index contributed by atoms with van der Waals surface area (Å²) in [6.07, 6.45) is 2.68. The lowest BCUT2D eigenvalue weighted by atomic mass is 10.0. The van der Waals surface area contributed by atoms with Gasteiger partial charge in [-0.3, -0.25) is 9.59 Å². The Bertz CT molecular complexity index is 647. The molecule has 3 rings (SSSR count). The summed E-state index contributed by atoms with van der Waals surface area (Å²) in [5.74, 6) is -0.116. The molecule has 19 heavy (non-hydrogen) atoms. The number of rotatable bonds is 2. The first-order valence-electron chi connectivity index (χ1n) is 6.25. The van der Waals surface area contributed by atoms with Crippen molar-refractivity contribution in [3.63, 3.8) is 0 Å². The molecule has 0 aliphatic carbocycles. The van der Waals surface area contributed by atoms with Crippen LogP contribution < -0.4 is 5.32 Å². The van der Waals surface area contributed by atoms with Gasteiger partial charge < -0.3 is 14.8 Å². The van der Waals surface area contributed by atoms with E-state index in [0.29, 0.717) is 13.1 Å². The van der Waals surface area contributed by atoms with Gasteiger partial charge in [0, 0.05) is 42.8 Å². The third-order valence-electron chi connectivity index (χ3n) is 3.61. The predicted molar refractivity (Wildman–Crippen MR) is 71.4 cm³/mol. The van der Waals surface area contributed by atoms with E-state index in [1.165, 1.54) is 0 Å². The number of carbonyl (C=O) groups is 2. The largest absolute Gasteiger partial charge is 0.352 e. The first kappa shape index (κ1) is 11.8. The van der Waals surface area contributed by atoms with Gasteiger partial charge in [0.15, 0.2) is 0 Å². The molecule has 2 amide bonds. The maximum Gasteiger partial charge on any atom is 0.247 e. The van der Waals surface area contributed by atoms with Crippen molar-refractivity contribution in [3.8, 4) is 0 Å². The zero-order chi connectivity index (χ0) is 13.4. The standard InChI is InChI=1S/C14H15N3O2/c1-16-8-11(10-4-2-3-5-12(10)16)13-14(19)15-6-7-17(13)9-18/h2-5,8-9,13H,6-7H2,1H3,(H,15,19). The van der Waals surface area contributed by atoms with Gasteiger partial charge in [-0.15, -0.1) is 0 Å². The summed E-state index contributed by atoms with van der Waals surface area (Å²) in [6.45, 7) is 1.06. The molecule has 98 valence electrons. The number of nitrogens with zero attached hydrogens (tertiary/aromatic N) is 2. The van der Waals surface area contributed by atoms with Crippen LogP contribution in [0.25, 0.3) is 10.9 Å². The van der Waals surface area contributed by atoms with Crippen molar-refractivity contribution in [2.24, 2.45) is 7.05 Å². The first-order valence-corrected chi connectivity index (χ1v) is 6.25. The number of para-hydroxylation sites is 1. The molecule has 5 heteroatoms. The molecule has 1 aliphatic heterocycles. The highest BCUT2D eigenvalue weighted by atomic mass is 16.2. The summed E-state index contributed by atoms with van der Waals surface area (Å²) in [7, 11) is 1.94. The molecule has 0 saturated carbocycles. The third kappa shape index (κ3) is 1.78. The van der Waals surface area contributed by atoms with Crippen LogP contribution in [0.15, 0.2) is 30.5 Å². The van der Waals surface area contributed by atoms with Crippen molar-refractivity contribution in [2.45, 2.75) is 6.04 Å². The highest BCUT2D eigenvalue weighted by Gasteiger charge is 2.32. The van der Waals surface area contributed by atoms with Gasteiger partial charge in [-0.2, -0.15) is 0 Å². The normalized spacial score (nSPS) is 19.5. The van der Waals surface area contributed by atoms with E-state index < -0.39 is 6.04 Å². The Kier molecular flexibility index (Phi) is 2.74.